The quantitative estimate of drug-likeness (QED) is 0.360. The maximum atomic E-state index is 10.9. The van der Waals surface area contributed by atoms with Gasteiger partial charge < -0.3 is 9.47 Å². The molecule has 0 amide bonds. The SMILES string of the molecule is C/C=C/C(=O)OCCCCCCOC(=O)/C=C/C. The summed E-state index contributed by atoms with van der Waals surface area (Å²) in [5.41, 5.74) is 0. The lowest BCUT2D eigenvalue weighted by Gasteiger charge is -2.03. The number of hydrogen-bond acceptors (Lipinski definition) is 4. The Morgan fingerprint density at radius 2 is 1.17 bits per heavy atom. The molecule has 0 aromatic carbocycles. The molecule has 0 aliphatic heterocycles. The summed E-state index contributed by atoms with van der Waals surface area (Å²) in [6.45, 7) is 4.44. The summed E-state index contributed by atoms with van der Waals surface area (Å²) >= 11 is 0. The molecular formula is C14H22O4. The van der Waals surface area contributed by atoms with Crippen LogP contribution in [0, 0.1) is 0 Å². The van der Waals surface area contributed by atoms with Crippen LogP contribution in [0.5, 0.6) is 0 Å². The molecule has 0 fully saturated rings. The van der Waals surface area contributed by atoms with Crippen molar-refractivity contribution in [1.82, 2.24) is 0 Å². The van der Waals surface area contributed by atoms with Crippen LogP contribution in [0.25, 0.3) is 0 Å². The molecule has 0 saturated carbocycles. The van der Waals surface area contributed by atoms with Crippen LogP contribution < -0.4 is 0 Å². The van der Waals surface area contributed by atoms with E-state index in [9.17, 15) is 9.59 Å². The van der Waals surface area contributed by atoms with Crippen molar-refractivity contribution in [1.29, 1.82) is 0 Å². The molecule has 0 rings (SSSR count). The summed E-state index contributed by atoms with van der Waals surface area (Å²) in [6.07, 6.45) is 9.72. The topological polar surface area (TPSA) is 52.6 Å². The molecule has 4 nitrogen and oxygen atoms in total. The Morgan fingerprint density at radius 3 is 1.50 bits per heavy atom. The van der Waals surface area contributed by atoms with E-state index in [1.807, 2.05) is 0 Å². The van der Waals surface area contributed by atoms with Gasteiger partial charge in [-0.05, 0) is 39.5 Å². The van der Waals surface area contributed by atoms with E-state index in [0.29, 0.717) is 13.2 Å². The van der Waals surface area contributed by atoms with Crippen LogP contribution in [0.4, 0.5) is 0 Å². The maximum Gasteiger partial charge on any atom is 0.330 e. The third kappa shape index (κ3) is 10.9. The summed E-state index contributed by atoms with van der Waals surface area (Å²) in [7, 11) is 0. The zero-order valence-corrected chi connectivity index (χ0v) is 11.2. The lowest BCUT2D eigenvalue weighted by molar-refractivity contribution is -0.139. The van der Waals surface area contributed by atoms with Gasteiger partial charge in [0, 0.05) is 12.2 Å². The first-order chi connectivity index (χ1) is 8.70. The Bertz CT molecular complexity index is 262. The minimum Gasteiger partial charge on any atom is -0.463 e. The number of unbranched alkanes of at least 4 members (excludes halogenated alkanes) is 3. The van der Waals surface area contributed by atoms with Gasteiger partial charge in [0.15, 0.2) is 0 Å². The molecule has 0 aliphatic rings. The predicted molar refractivity (Wildman–Crippen MR) is 70.0 cm³/mol. The van der Waals surface area contributed by atoms with E-state index >= 15 is 0 Å². The van der Waals surface area contributed by atoms with Crippen LogP contribution in [0.3, 0.4) is 0 Å². The molecule has 0 radical (unpaired) electrons. The molecule has 18 heavy (non-hydrogen) atoms. The summed E-state index contributed by atoms with van der Waals surface area (Å²) in [5, 5.41) is 0. The first-order valence-electron chi connectivity index (χ1n) is 6.29. The molecule has 0 aromatic rings. The largest absolute Gasteiger partial charge is 0.463 e. The number of carbonyl (C=O) groups is 2. The molecule has 0 saturated heterocycles. The van der Waals surface area contributed by atoms with Crippen LogP contribution >= 0.6 is 0 Å². The van der Waals surface area contributed by atoms with E-state index in [1.54, 1.807) is 26.0 Å². The van der Waals surface area contributed by atoms with E-state index in [0.717, 1.165) is 25.7 Å². The van der Waals surface area contributed by atoms with Gasteiger partial charge in [-0.1, -0.05) is 12.2 Å². The Balaban J connectivity index is 3.26. The third-order valence-electron chi connectivity index (χ3n) is 2.13. The molecule has 0 N–H and O–H groups in total. The summed E-state index contributed by atoms with van der Waals surface area (Å²) in [6, 6.07) is 0. The molecule has 0 bridgehead atoms. The fourth-order valence-corrected chi connectivity index (χ4v) is 1.27. The van der Waals surface area contributed by atoms with Crippen LogP contribution in [-0.2, 0) is 19.1 Å². The number of allylic oxidation sites excluding steroid dienone is 2. The number of ether oxygens (including phenoxy) is 2. The number of carbonyl (C=O) groups excluding carboxylic acids is 2. The summed E-state index contributed by atoms with van der Waals surface area (Å²) < 4.78 is 9.88. The Morgan fingerprint density at radius 1 is 0.778 bits per heavy atom. The van der Waals surface area contributed by atoms with Gasteiger partial charge in [-0.15, -0.1) is 0 Å². The van der Waals surface area contributed by atoms with Crippen molar-refractivity contribution in [3.63, 3.8) is 0 Å². The van der Waals surface area contributed by atoms with E-state index in [1.165, 1.54) is 12.2 Å². The van der Waals surface area contributed by atoms with E-state index in [2.05, 4.69) is 0 Å². The average molecular weight is 254 g/mol. The van der Waals surface area contributed by atoms with Gasteiger partial charge in [0.1, 0.15) is 0 Å². The second-order valence-corrected chi connectivity index (χ2v) is 3.75. The molecule has 0 unspecified atom stereocenters. The van der Waals surface area contributed by atoms with Gasteiger partial charge in [0.25, 0.3) is 0 Å². The highest BCUT2D eigenvalue weighted by molar-refractivity contribution is 5.82. The van der Waals surface area contributed by atoms with Crippen molar-refractivity contribution in [3.8, 4) is 0 Å². The molecular weight excluding hydrogens is 232 g/mol. The van der Waals surface area contributed by atoms with Gasteiger partial charge in [-0.3, -0.25) is 0 Å². The molecule has 0 aliphatic carbocycles. The van der Waals surface area contributed by atoms with Gasteiger partial charge in [-0.2, -0.15) is 0 Å². The van der Waals surface area contributed by atoms with Crippen molar-refractivity contribution in [2.75, 3.05) is 13.2 Å². The summed E-state index contributed by atoms with van der Waals surface area (Å²) in [4.78, 5) is 21.9. The zero-order chi connectivity index (χ0) is 13.6. The van der Waals surface area contributed by atoms with Crippen molar-refractivity contribution in [2.24, 2.45) is 0 Å². The number of rotatable bonds is 9. The zero-order valence-electron chi connectivity index (χ0n) is 11.2. The number of esters is 2. The average Bonchev–Trinajstić information content (AvgIpc) is 2.33. The molecule has 0 atom stereocenters. The van der Waals surface area contributed by atoms with Gasteiger partial charge in [0.05, 0.1) is 13.2 Å². The third-order valence-corrected chi connectivity index (χ3v) is 2.13. The van der Waals surface area contributed by atoms with Crippen molar-refractivity contribution < 1.29 is 19.1 Å². The minimum atomic E-state index is -0.294. The van der Waals surface area contributed by atoms with Crippen LogP contribution in [0.15, 0.2) is 24.3 Å². The molecule has 102 valence electrons. The fourth-order valence-electron chi connectivity index (χ4n) is 1.27. The first kappa shape index (κ1) is 16.4. The van der Waals surface area contributed by atoms with E-state index < -0.39 is 0 Å². The van der Waals surface area contributed by atoms with Crippen molar-refractivity contribution in [3.05, 3.63) is 24.3 Å². The molecule has 0 aromatic heterocycles. The highest BCUT2D eigenvalue weighted by Crippen LogP contribution is 2.01. The fraction of sp³-hybridized carbons (Fsp3) is 0.571. The van der Waals surface area contributed by atoms with Crippen LogP contribution in [0.1, 0.15) is 39.5 Å². The van der Waals surface area contributed by atoms with E-state index in [-0.39, 0.29) is 11.9 Å². The Labute approximate surface area is 109 Å². The molecule has 0 heterocycles. The lowest BCUT2D eigenvalue weighted by Crippen LogP contribution is -2.03. The minimum absolute atomic E-state index is 0.294. The molecule has 4 heteroatoms. The van der Waals surface area contributed by atoms with Gasteiger partial charge >= 0.3 is 11.9 Å². The smallest absolute Gasteiger partial charge is 0.330 e. The highest BCUT2D eigenvalue weighted by atomic mass is 16.5. The first-order valence-corrected chi connectivity index (χ1v) is 6.29. The van der Waals surface area contributed by atoms with Gasteiger partial charge in [0.2, 0.25) is 0 Å². The van der Waals surface area contributed by atoms with Crippen molar-refractivity contribution in [2.45, 2.75) is 39.5 Å². The monoisotopic (exact) mass is 254 g/mol. The lowest BCUT2D eigenvalue weighted by atomic mass is 10.2. The van der Waals surface area contributed by atoms with Crippen LogP contribution in [-0.4, -0.2) is 25.2 Å². The molecule has 0 spiro atoms. The normalized spacial score (nSPS) is 11.0. The summed E-state index contributed by atoms with van der Waals surface area (Å²) in [5.74, 6) is -0.587. The van der Waals surface area contributed by atoms with Gasteiger partial charge in [-0.25, -0.2) is 9.59 Å². The second-order valence-electron chi connectivity index (χ2n) is 3.75. The number of hydrogen-bond donors (Lipinski definition) is 0. The second kappa shape index (κ2) is 11.9. The highest BCUT2D eigenvalue weighted by Gasteiger charge is 1.97. The van der Waals surface area contributed by atoms with Crippen molar-refractivity contribution >= 4 is 11.9 Å². The van der Waals surface area contributed by atoms with E-state index in [4.69, 9.17) is 9.47 Å². The maximum absolute atomic E-state index is 10.9. The Hall–Kier alpha value is -1.58. The Kier molecular flexibility index (Phi) is 10.8. The van der Waals surface area contributed by atoms with Crippen LogP contribution in [0.2, 0.25) is 0 Å². The predicted octanol–water partition coefficient (Wildman–Crippen LogP) is 2.79. The standard InChI is InChI=1S/C14H22O4/c1-3-9-13(15)17-11-7-5-6-8-12-18-14(16)10-4-2/h3-4,9-10H,5-8,11-12H2,1-2H3/b9-3+,10-4+.